The van der Waals surface area contributed by atoms with Crippen molar-refractivity contribution in [2.45, 2.75) is 20.0 Å². The van der Waals surface area contributed by atoms with Gasteiger partial charge in [0, 0.05) is 5.56 Å². The number of halogens is 3. The van der Waals surface area contributed by atoms with Gasteiger partial charge in [0.25, 0.3) is 17.5 Å². The number of aryl methyl sites for hydroxylation is 2. The van der Waals surface area contributed by atoms with Gasteiger partial charge in [-0.3, -0.25) is 14.7 Å². The van der Waals surface area contributed by atoms with Crippen molar-refractivity contribution in [1.29, 1.82) is 0 Å². The molecule has 4 rings (SSSR count). The lowest BCUT2D eigenvalue weighted by molar-refractivity contribution is -0.137. The first-order valence-corrected chi connectivity index (χ1v) is 9.17. The van der Waals surface area contributed by atoms with Gasteiger partial charge in [-0.05, 0) is 26.0 Å². The summed E-state index contributed by atoms with van der Waals surface area (Å²) in [5.41, 5.74) is 4.38. The number of H-pyrrole nitrogens is 1. The summed E-state index contributed by atoms with van der Waals surface area (Å²) >= 11 is 0. The van der Waals surface area contributed by atoms with Crippen LogP contribution in [0.1, 0.15) is 37.8 Å². The minimum absolute atomic E-state index is 0.0447. The molecule has 0 spiro atoms. The maximum Gasteiger partial charge on any atom is 0.417 e. The van der Waals surface area contributed by atoms with Crippen LogP contribution in [0.3, 0.4) is 0 Å². The van der Waals surface area contributed by atoms with Crippen LogP contribution < -0.4 is 11.1 Å². The largest absolute Gasteiger partial charge is 0.417 e. The van der Waals surface area contributed by atoms with Gasteiger partial charge in [0.05, 0.1) is 39.3 Å². The smallest absolute Gasteiger partial charge is 0.364 e. The van der Waals surface area contributed by atoms with E-state index in [0.29, 0.717) is 11.4 Å². The first-order valence-electron chi connectivity index (χ1n) is 9.17. The van der Waals surface area contributed by atoms with Gasteiger partial charge < -0.3 is 15.6 Å². The highest BCUT2D eigenvalue weighted by molar-refractivity contribution is 6.14. The number of nitrogens with zero attached hydrogens (tertiary/aromatic N) is 3. The average Bonchev–Trinajstić information content (AvgIpc) is 3.29. The summed E-state index contributed by atoms with van der Waals surface area (Å²) < 4.78 is 45.7. The Kier molecular flexibility index (Phi) is 4.92. The quantitative estimate of drug-likeness (QED) is 0.439. The molecule has 0 fully saturated rings. The second-order valence-electron chi connectivity index (χ2n) is 6.94. The topological polar surface area (TPSA) is 140 Å². The average molecular weight is 444 g/mol. The Morgan fingerprint density at radius 1 is 1.19 bits per heavy atom. The summed E-state index contributed by atoms with van der Waals surface area (Å²) in [6, 6.07) is 6.06. The van der Waals surface area contributed by atoms with Crippen LogP contribution in [0, 0.1) is 13.8 Å². The number of aromatic amines is 1. The van der Waals surface area contributed by atoms with E-state index in [1.54, 1.807) is 13.8 Å². The molecule has 0 aliphatic heterocycles. The maximum absolute atomic E-state index is 13.5. The van der Waals surface area contributed by atoms with Gasteiger partial charge in [0.1, 0.15) is 0 Å². The number of alkyl halides is 3. The number of anilines is 1. The van der Waals surface area contributed by atoms with Crippen LogP contribution in [-0.4, -0.2) is 32.2 Å². The second-order valence-corrected chi connectivity index (χ2v) is 6.94. The zero-order chi connectivity index (χ0) is 23.2. The number of amides is 2. The predicted molar refractivity (Wildman–Crippen MR) is 107 cm³/mol. The lowest BCUT2D eigenvalue weighted by Crippen LogP contribution is -2.19. The number of carbonyl (C=O) groups is 2. The zero-order valence-corrected chi connectivity index (χ0v) is 16.7. The van der Waals surface area contributed by atoms with Gasteiger partial charge in [-0.25, -0.2) is 4.98 Å². The van der Waals surface area contributed by atoms with Crippen LogP contribution in [0.25, 0.3) is 22.4 Å². The first kappa shape index (κ1) is 21.0. The number of rotatable bonds is 4. The fourth-order valence-corrected chi connectivity index (χ4v) is 3.31. The summed E-state index contributed by atoms with van der Waals surface area (Å²) in [6.07, 6.45) is -4.64. The van der Waals surface area contributed by atoms with E-state index in [1.165, 1.54) is 24.3 Å². The number of nitrogens with two attached hydrogens (primary N) is 1. The molecule has 3 aromatic heterocycles. The summed E-state index contributed by atoms with van der Waals surface area (Å²) in [5, 5.41) is 12.8. The van der Waals surface area contributed by atoms with E-state index in [0.717, 1.165) is 6.07 Å². The predicted octanol–water partition coefficient (Wildman–Crippen LogP) is 3.60. The van der Waals surface area contributed by atoms with Crippen molar-refractivity contribution < 1.29 is 27.3 Å². The van der Waals surface area contributed by atoms with Gasteiger partial charge in [-0.15, -0.1) is 0 Å². The van der Waals surface area contributed by atoms with Crippen LogP contribution in [0.4, 0.5) is 18.9 Å². The standard InChI is InChI=1S/C20H15F3N6O3/c1-8-14-11(18(31)26-15-9(2)27-28-16(15)17(24)30)7-13(25-19(14)32-29-8)10-5-3-4-6-12(10)20(21,22)23/h3-7H,1-2H3,(H2,24,30)(H,26,31)(H,27,28). The Labute approximate surface area is 177 Å². The normalized spacial score (nSPS) is 11.7. The summed E-state index contributed by atoms with van der Waals surface area (Å²) in [7, 11) is 0. The Bertz CT molecular complexity index is 1370. The van der Waals surface area contributed by atoms with E-state index < -0.39 is 23.6 Å². The number of primary amides is 1. The van der Waals surface area contributed by atoms with Gasteiger partial charge in [0.15, 0.2) is 5.69 Å². The third-order valence-electron chi connectivity index (χ3n) is 4.79. The van der Waals surface area contributed by atoms with E-state index in [2.05, 4.69) is 25.7 Å². The highest BCUT2D eigenvalue weighted by Crippen LogP contribution is 2.37. The van der Waals surface area contributed by atoms with Crippen molar-refractivity contribution in [3.8, 4) is 11.3 Å². The van der Waals surface area contributed by atoms with Crippen molar-refractivity contribution in [2.75, 3.05) is 5.32 Å². The third-order valence-corrected chi connectivity index (χ3v) is 4.79. The summed E-state index contributed by atoms with van der Waals surface area (Å²) in [5.74, 6) is -1.60. The molecule has 32 heavy (non-hydrogen) atoms. The minimum atomic E-state index is -4.64. The summed E-state index contributed by atoms with van der Waals surface area (Å²) in [6.45, 7) is 3.12. The van der Waals surface area contributed by atoms with E-state index in [-0.39, 0.29) is 39.3 Å². The Hall–Kier alpha value is -4.22. The molecule has 0 radical (unpaired) electrons. The molecule has 164 valence electrons. The summed E-state index contributed by atoms with van der Waals surface area (Å²) in [4.78, 5) is 28.9. The number of hydrogen-bond acceptors (Lipinski definition) is 6. The number of fused-ring (bicyclic) bond motifs is 1. The molecular weight excluding hydrogens is 429 g/mol. The van der Waals surface area contributed by atoms with Gasteiger partial charge >= 0.3 is 6.18 Å². The molecule has 0 saturated heterocycles. The fraction of sp³-hybridized carbons (Fsp3) is 0.150. The monoisotopic (exact) mass is 444 g/mol. The van der Waals surface area contributed by atoms with Crippen LogP contribution >= 0.6 is 0 Å². The minimum Gasteiger partial charge on any atom is -0.364 e. The van der Waals surface area contributed by atoms with E-state index in [4.69, 9.17) is 10.3 Å². The van der Waals surface area contributed by atoms with Crippen molar-refractivity contribution in [2.24, 2.45) is 5.73 Å². The van der Waals surface area contributed by atoms with Crippen molar-refractivity contribution in [3.05, 3.63) is 58.5 Å². The molecule has 0 aliphatic rings. The molecule has 2 amide bonds. The van der Waals surface area contributed by atoms with Crippen LogP contribution in [0.2, 0.25) is 0 Å². The number of nitrogens with one attached hydrogen (secondary N) is 2. The molecule has 0 saturated carbocycles. The van der Waals surface area contributed by atoms with Gasteiger partial charge in [0.2, 0.25) is 0 Å². The molecule has 9 nitrogen and oxygen atoms in total. The highest BCUT2D eigenvalue weighted by Gasteiger charge is 2.34. The van der Waals surface area contributed by atoms with E-state index in [9.17, 15) is 22.8 Å². The number of pyridine rings is 1. The van der Waals surface area contributed by atoms with Gasteiger partial charge in [-0.2, -0.15) is 18.3 Å². The molecule has 0 unspecified atom stereocenters. The maximum atomic E-state index is 13.5. The highest BCUT2D eigenvalue weighted by atomic mass is 19.4. The molecule has 4 aromatic rings. The molecular formula is C20H15F3N6O3. The van der Waals surface area contributed by atoms with Gasteiger partial charge in [-0.1, -0.05) is 23.4 Å². The molecule has 1 aromatic carbocycles. The third kappa shape index (κ3) is 3.55. The van der Waals surface area contributed by atoms with Crippen molar-refractivity contribution in [3.63, 3.8) is 0 Å². The number of hydrogen-bond donors (Lipinski definition) is 3. The Morgan fingerprint density at radius 3 is 2.59 bits per heavy atom. The van der Waals surface area contributed by atoms with Crippen molar-refractivity contribution >= 4 is 28.6 Å². The molecule has 4 N–H and O–H groups in total. The fourth-order valence-electron chi connectivity index (χ4n) is 3.31. The van der Waals surface area contributed by atoms with E-state index >= 15 is 0 Å². The van der Waals surface area contributed by atoms with E-state index in [1.807, 2.05) is 0 Å². The lowest BCUT2D eigenvalue weighted by Gasteiger charge is -2.13. The van der Waals surface area contributed by atoms with Crippen molar-refractivity contribution in [1.82, 2.24) is 20.3 Å². The van der Waals surface area contributed by atoms with Crippen LogP contribution in [-0.2, 0) is 6.18 Å². The number of carbonyl (C=O) groups excluding carboxylic acids is 2. The number of benzene rings is 1. The second kappa shape index (κ2) is 7.48. The molecule has 0 aliphatic carbocycles. The SMILES string of the molecule is Cc1[nH]nc(C(N)=O)c1NC(=O)c1cc(-c2ccccc2C(F)(F)F)nc2onc(C)c12. The lowest BCUT2D eigenvalue weighted by atomic mass is 10.0. The van der Waals surface area contributed by atoms with Crippen LogP contribution in [0.5, 0.6) is 0 Å². The number of aromatic nitrogens is 4. The Morgan fingerprint density at radius 2 is 1.91 bits per heavy atom. The van der Waals surface area contributed by atoms with Crippen LogP contribution in [0.15, 0.2) is 34.9 Å². The first-order chi connectivity index (χ1) is 15.1. The zero-order valence-electron chi connectivity index (χ0n) is 16.7. The molecule has 0 bridgehead atoms. The molecule has 0 atom stereocenters. The molecule has 3 heterocycles. The Balaban J connectivity index is 1.88. The molecule has 12 heteroatoms.